The van der Waals surface area contributed by atoms with Gasteiger partial charge in [-0.2, -0.15) is 45.7 Å². The number of hydrogen-bond acceptors (Lipinski definition) is 0. The first-order valence-corrected chi connectivity index (χ1v) is 49.3. The smallest absolute Gasteiger partial charge is 0.197 e. The Bertz CT molecular complexity index is 8770. The average Bonchev–Trinajstić information content (AvgIpc) is 1.51. The van der Waals surface area contributed by atoms with Crippen molar-refractivity contribution in [3.8, 4) is 56.9 Å². The number of hydrogen-bond donors (Lipinski definition) is 0. The molecule has 694 valence electrons. The summed E-state index contributed by atoms with van der Waals surface area (Å²) in [6.45, 7) is 10.2. The molecule has 140 heavy (non-hydrogen) atoms. The molecule has 0 spiro atoms. The Morgan fingerprint density at radius 1 is 0.279 bits per heavy atom. The number of imidazole rings is 5. The van der Waals surface area contributed by atoms with Crippen LogP contribution in [0, 0.1) is 115 Å². The number of nitrogens with zero attached hydrogens (tertiary/aromatic N) is 10. The van der Waals surface area contributed by atoms with E-state index in [-0.39, 0.29) is 28.8 Å². The van der Waals surface area contributed by atoms with E-state index in [0.717, 1.165) is 208 Å². The maximum Gasteiger partial charge on any atom is 0.264 e. The predicted molar refractivity (Wildman–Crippen MR) is 566 cm³/mol. The van der Waals surface area contributed by atoms with Gasteiger partial charge in [0.05, 0.1) is 23.1 Å². The Morgan fingerprint density at radius 2 is 0.607 bits per heavy atom. The zero-order valence-electron chi connectivity index (χ0n) is 99.4. The number of para-hydroxylation sites is 10. The molecule has 7 aliphatic rings. The van der Waals surface area contributed by atoms with E-state index in [2.05, 4.69) is 135 Å². The molecule has 0 saturated heterocycles. The SMILES string of the molecule is [2H]C([2H])([2H])c1n(-c2ccccc2C)c(C)c2[n+]1-c1ccccc1C2(c1ccccc1)C1CCCC1.[2H]C([2H])([2H])c1n(-c2ccccc2C)c(C)c2[n+]1-c1ccccc1C2(c1ccccc1)c1ccccc1.[2H]C([2H])([2H])c1n2c(c(C)[n+]1-c1ccccc1C)C([2H])(C)c1ccccc1-2.[2H]C([2H])([2H])c1n2c(c(C)[n+]1-c1ccccc1C)C([2H])(C1CCCC1)c1ccccc1-2.[2H]C([2H])([2H])c1n2c(c(C)[n+]1-c1ccccc1C)C([2H])(c1ccccc1)c1ccccc1-2. The summed E-state index contributed by atoms with van der Waals surface area (Å²) in [4.78, 5) is 0. The van der Waals surface area contributed by atoms with Crippen LogP contribution in [0.2, 0.25) is 0 Å². The molecule has 4 atom stereocenters. The Morgan fingerprint density at radius 3 is 1.09 bits per heavy atom. The first-order valence-electron chi connectivity index (χ1n) is 58.3. The fraction of sp³-hybridized carbons (Fsp3) is 0.238. The predicted octanol–water partition coefficient (Wildman–Crippen LogP) is 27.5. The summed E-state index contributed by atoms with van der Waals surface area (Å²) in [5, 5.41) is 0. The zero-order chi connectivity index (χ0) is 112. The third-order valence-electron chi connectivity index (χ3n) is 30.9. The van der Waals surface area contributed by atoms with Gasteiger partial charge in [0.2, 0.25) is 0 Å². The van der Waals surface area contributed by atoms with Gasteiger partial charge in [-0.25, -0.2) is 0 Å². The summed E-state index contributed by atoms with van der Waals surface area (Å²) < 4.78 is 175. The summed E-state index contributed by atoms with van der Waals surface area (Å²) in [6.07, 6.45) is 9.00. The molecule has 19 aromatic rings. The van der Waals surface area contributed by atoms with E-state index < -0.39 is 57.4 Å². The number of aryl methyl sites for hydroxylation is 5. The summed E-state index contributed by atoms with van der Waals surface area (Å²) in [6, 6.07) is 121. The first-order chi connectivity index (χ1) is 75.4. The zero-order valence-corrected chi connectivity index (χ0v) is 81.4. The van der Waals surface area contributed by atoms with E-state index in [1.165, 1.54) is 24.0 Å². The average molecular weight is 1850 g/mol. The molecule has 10 heteroatoms. The largest absolute Gasteiger partial charge is 0.264 e. The molecule has 4 unspecified atom stereocenters. The van der Waals surface area contributed by atoms with Gasteiger partial charge in [0.1, 0.15) is 79.4 Å². The van der Waals surface area contributed by atoms with Crippen molar-refractivity contribution in [3.63, 3.8) is 0 Å². The van der Waals surface area contributed by atoms with Crippen LogP contribution in [0.3, 0.4) is 0 Å². The van der Waals surface area contributed by atoms with Crippen LogP contribution in [0.1, 0.15) is 265 Å². The monoisotopic (exact) mass is 1850 g/mol. The van der Waals surface area contributed by atoms with Gasteiger partial charge in [-0.15, -0.1) is 0 Å². The molecule has 0 N–H and O–H groups in total. The van der Waals surface area contributed by atoms with Gasteiger partial charge in [-0.05, 0) is 183 Å². The molecule has 2 saturated carbocycles. The quantitative estimate of drug-likeness (QED) is 0.116. The molecule has 5 aliphatic heterocycles. The molecule has 10 heterocycles. The van der Waals surface area contributed by atoms with E-state index in [1.54, 1.807) is 13.7 Å². The highest BCUT2D eigenvalue weighted by Gasteiger charge is 2.59. The Balaban J connectivity index is 0.000000111. The van der Waals surface area contributed by atoms with E-state index in [9.17, 15) is 2.74 Å². The lowest BCUT2D eigenvalue weighted by molar-refractivity contribution is -0.609. The third-order valence-corrected chi connectivity index (χ3v) is 30.9. The van der Waals surface area contributed by atoms with Gasteiger partial charge < -0.3 is 0 Å². The molecule has 26 rings (SSSR count). The van der Waals surface area contributed by atoms with Crippen LogP contribution in [0.5, 0.6) is 0 Å². The van der Waals surface area contributed by atoms with Crippen molar-refractivity contribution < 1.29 is 47.5 Å². The molecule has 5 aromatic heterocycles. The normalized spacial score (nSPS) is 20.5. The van der Waals surface area contributed by atoms with Crippen LogP contribution in [0.25, 0.3) is 56.9 Å². The molecule has 0 amide bonds. The molecule has 2 fully saturated rings. The second-order valence-electron chi connectivity index (χ2n) is 38.6. The van der Waals surface area contributed by atoms with Gasteiger partial charge in [0.15, 0.2) is 39.9 Å². The highest BCUT2D eigenvalue weighted by atomic mass is 15.2. The highest BCUT2D eigenvalue weighted by Crippen LogP contribution is 2.58. The molecule has 0 radical (unpaired) electrons. The summed E-state index contributed by atoms with van der Waals surface area (Å²) in [5.74, 6) is -1.18. The van der Waals surface area contributed by atoms with Crippen LogP contribution >= 0.6 is 0 Å². The van der Waals surface area contributed by atoms with Crippen molar-refractivity contribution in [2.24, 2.45) is 11.8 Å². The van der Waals surface area contributed by atoms with Crippen LogP contribution in [-0.4, -0.2) is 22.8 Å². The molecular weight excluding hydrogens is 1700 g/mol. The fourth-order valence-corrected chi connectivity index (χ4v) is 24.9. The first kappa shape index (κ1) is 71.6. The van der Waals surface area contributed by atoms with Gasteiger partial charge in [-0.3, -0.25) is 0 Å². The van der Waals surface area contributed by atoms with Crippen molar-refractivity contribution in [1.82, 2.24) is 22.8 Å². The third kappa shape index (κ3) is 14.1. The lowest BCUT2D eigenvalue weighted by Gasteiger charge is -2.35. The number of rotatable bonds is 11. The minimum atomic E-state index is -2.37. The number of fused-ring (bicyclic) bond motifs is 15. The second-order valence-corrected chi connectivity index (χ2v) is 38.6. The van der Waals surface area contributed by atoms with Gasteiger partial charge in [0.25, 0.3) is 29.1 Å². The van der Waals surface area contributed by atoms with E-state index in [1.807, 2.05) is 338 Å². The lowest BCUT2D eigenvalue weighted by Crippen LogP contribution is -2.41. The molecule has 14 aromatic carbocycles. The molecule has 2 aliphatic carbocycles. The number of aromatic nitrogens is 10. The minimum Gasteiger partial charge on any atom is -0.197 e. The van der Waals surface area contributed by atoms with Crippen molar-refractivity contribution >= 4 is 0 Å². The van der Waals surface area contributed by atoms with E-state index >= 15 is 0 Å². The molecule has 10 nitrogen and oxygen atoms in total. The highest BCUT2D eigenvalue weighted by molar-refractivity contribution is 5.68. The maximum atomic E-state index is 9.80. The topological polar surface area (TPSA) is 44.0 Å². The Labute approximate surface area is 852 Å². The maximum absolute atomic E-state index is 9.80. The molecule has 0 bridgehead atoms. The summed E-state index contributed by atoms with van der Waals surface area (Å²) >= 11 is 0. The van der Waals surface area contributed by atoms with Crippen molar-refractivity contribution in [2.45, 2.75) is 190 Å². The standard InChI is InChI=1S/C31H27N2.C30H31N2.C25H23N2.C24H27N2.C20H21N2/c1-22-14-10-12-20-28(22)32-23(2)30-31(25-15-6-4-7-16-25,26-17-8-5-9-18-26)27-19-11-13-21-29(27)33(30)24(32)3;1-21-13-7-11-19-27(21)31-22(2)29-30(25-16-8-9-17-25,24-14-5-4-6-15-24)26-18-10-12-20-28(26)32(29)23(31)3;1-17-11-7-9-15-22(17)26-18(2)25-24(20-12-5-4-6-13-20)21-14-8-10-16-23(21)27(25)19(26)3;1-16-10-4-8-14-21(16)25-17(2)24-23(19-11-5-6-12-19)20-13-7-9-15-22(20)26(24)18(25)3;1-13-9-5-7-11-18(13)21-15(3)20-14(2)17-10-6-8-12-19(17)22(20)16(21)4/h4-21H,1-3H3;4-7,10-15,18-20,25H,8-9,16-17H2,1-3H3;4-16,24H,1-3H3;4,7-10,13-15,19,23H,5-6,11-12H2,1-3H3;5-12,14H,1-4H3/q5*+1/i2*3D3;3D3,24D;3D3,23D;4D3,14D. The summed E-state index contributed by atoms with van der Waals surface area (Å²) in [5.41, 5.74) is 30.5. The van der Waals surface area contributed by atoms with Crippen LogP contribution in [0.15, 0.2) is 364 Å². The Hall–Kier alpha value is -14.9. The van der Waals surface area contributed by atoms with Gasteiger partial charge in [0, 0.05) is 121 Å². The Kier molecular flexibility index (Phi) is 18.6. The number of benzene rings is 14. The van der Waals surface area contributed by atoms with Crippen molar-refractivity contribution in [3.05, 3.63) is 528 Å². The van der Waals surface area contributed by atoms with E-state index in [0.29, 0.717) is 29.0 Å². The van der Waals surface area contributed by atoms with Crippen LogP contribution in [-0.2, 0) is 10.8 Å². The van der Waals surface area contributed by atoms with Crippen molar-refractivity contribution in [2.75, 3.05) is 0 Å². The van der Waals surface area contributed by atoms with Crippen LogP contribution < -0.4 is 22.8 Å². The van der Waals surface area contributed by atoms with Gasteiger partial charge >= 0.3 is 0 Å². The second kappa shape index (κ2) is 36.5. The lowest BCUT2D eigenvalue weighted by atomic mass is 9.63. The van der Waals surface area contributed by atoms with E-state index in [4.69, 9.17) is 21.9 Å². The van der Waals surface area contributed by atoms with Crippen molar-refractivity contribution in [1.29, 1.82) is 0 Å². The minimum absolute atomic E-state index is 0.197. The van der Waals surface area contributed by atoms with Gasteiger partial charge in [-0.1, -0.05) is 336 Å². The van der Waals surface area contributed by atoms with Crippen LogP contribution in [0.4, 0.5) is 0 Å². The summed E-state index contributed by atoms with van der Waals surface area (Å²) in [7, 11) is 0. The molecular formula is C130H129N10+5. The fourth-order valence-electron chi connectivity index (χ4n) is 24.9.